The summed E-state index contributed by atoms with van der Waals surface area (Å²) in [7, 11) is 0. The van der Waals surface area contributed by atoms with Crippen LogP contribution in [0.1, 0.15) is 12.0 Å². The van der Waals surface area contributed by atoms with Crippen LogP contribution in [0.25, 0.3) is 0 Å². The minimum absolute atomic E-state index is 0.0773. The summed E-state index contributed by atoms with van der Waals surface area (Å²) in [4.78, 5) is 6.11. The minimum Gasteiger partial charge on any atom is -0.355 e. The fourth-order valence-corrected chi connectivity index (χ4v) is 2.16. The molecule has 1 aromatic heterocycles. The van der Waals surface area contributed by atoms with E-state index in [1.807, 2.05) is 11.0 Å². The van der Waals surface area contributed by atoms with Crippen LogP contribution in [0.4, 0.5) is 10.2 Å². The van der Waals surface area contributed by atoms with Crippen LogP contribution < -0.4 is 4.90 Å². The summed E-state index contributed by atoms with van der Waals surface area (Å²) >= 11 is 6.03. The first kappa shape index (κ1) is 11.2. The van der Waals surface area contributed by atoms with Crippen LogP contribution in [0.15, 0.2) is 12.3 Å². The second-order valence-corrected chi connectivity index (χ2v) is 4.30. The average Bonchev–Trinajstić information content (AvgIpc) is 2.77. The fraction of sp³-hybridized carbons (Fsp3) is 0.455. The molecule has 0 N–H and O–H groups in total. The SMILES string of the molecule is N#Cc1cnc(N2CCC(CF)C2)c(Cl)c1. The second-order valence-electron chi connectivity index (χ2n) is 3.90. The Morgan fingerprint density at radius 1 is 1.69 bits per heavy atom. The van der Waals surface area contributed by atoms with E-state index in [2.05, 4.69) is 4.98 Å². The van der Waals surface area contributed by atoms with Gasteiger partial charge in [-0.2, -0.15) is 5.26 Å². The highest BCUT2D eigenvalue weighted by Crippen LogP contribution is 2.28. The Hall–Kier alpha value is -1.34. The number of hydrogen-bond donors (Lipinski definition) is 0. The molecule has 2 heterocycles. The smallest absolute Gasteiger partial charge is 0.147 e. The van der Waals surface area contributed by atoms with Crippen molar-refractivity contribution in [3.05, 3.63) is 22.8 Å². The molecule has 1 saturated heterocycles. The number of alkyl halides is 1. The zero-order valence-electron chi connectivity index (χ0n) is 8.66. The first-order chi connectivity index (χ1) is 7.74. The van der Waals surface area contributed by atoms with Crippen LogP contribution >= 0.6 is 11.6 Å². The van der Waals surface area contributed by atoms with Crippen LogP contribution in [-0.4, -0.2) is 24.7 Å². The molecule has 1 aromatic rings. The summed E-state index contributed by atoms with van der Waals surface area (Å²) in [5.74, 6) is 0.727. The third kappa shape index (κ3) is 2.10. The van der Waals surface area contributed by atoms with Crippen LogP contribution in [0.2, 0.25) is 5.02 Å². The predicted molar refractivity (Wildman–Crippen MR) is 60.3 cm³/mol. The Balaban J connectivity index is 2.19. The van der Waals surface area contributed by atoms with E-state index < -0.39 is 0 Å². The molecule has 0 aliphatic carbocycles. The first-order valence-corrected chi connectivity index (χ1v) is 5.49. The molecular weight excluding hydrogens is 229 g/mol. The predicted octanol–water partition coefficient (Wildman–Crippen LogP) is 2.40. The van der Waals surface area contributed by atoms with Gasteiger partial charge in [-0.15, -0.1) is 0 Å². The lowest BCUT2D eigenvalue weighted by Crippen LogP contribution is -2.21. The molecule has 16 heavy (non-hydrogen) atoms. The van der Waals surface area contributed by atoms with Gasteiger partial charge in [-0.25, -0.2) is 4.98 Å². The Bertz CT molecular complexity index is 430. The molecule has 84 valence electrons. The van der Waals surface area contributed by atoms with Crippen molar-refractivity contribution < 1.29 is 4.39 Å². The Morgan fingerprint density at radius 2 is 2.50 bits per heavy atom. The summed E-state index contributed by atoms with van der Waals surface area (Å²) in [5, 5.41) is 9.14. The van der Waals surface area contributed by atoms with E-state index >= 15 is 0 Å². The van der Waals surface area contributed by atoms with Crippen molar-refractivity contribution in [2.24, 2.45) is 5.92 Å². The van der Waals surface area contributed by atoms with E-state index in [1.54, 1.807) is 6.07 Å². The fourth-order valence-electron chi connectivity index (χ4n) is 1.88. The van der Waals surface area contributed by atoms with Crippen LogP contribution in [0.5, 0.6) is 0 Å². The van der Waals surface area contributed by atoms with Gasteiger partial charge in [-0.3, -0.25) is 4.39 Å². The standard InChI is InChI=1S/C11H11ClFN3/c12-10-3-9(5-14)6-15-11(10)16-2-1-8(4-13)7-16/h3,6,8H,1-2,4,7H2. The monoisotopic (exact) mass is 239 g/mol. The molecular formula is C11H11ClFN3. The van der Waals surface area contributed by atoms with Crippen molar-refractivity contribution in [3.63, 3.8) is 0 Å². The first-order valence-electron chi connectivity index (χ1n) is 5.11. The van der Waals surface area contributed by atoms with E-state index in [-0.39, 0.29) is 12.6 Å². The second kappa shape index (κ2) is 4.67. The van der Waals surface area contributed by atoms with Crippen LogP contribution in [0.3, 0.4) is 0 Å². The van der Waals surface area contributed by atoms with E-state index in [4.69, 9.17) is 16.9 Å². The molecule has 0 saturated carbocycles. The molecule has 0 amide bonds. The van der Waals surface area contributed by atoms with E-state index in [0.717, 1.165) is 13.0 Å². The van der Waals surface area contributed by atoms with Crippen molar-refractivity contribution in [3.8, 4) is 6.07 Å². The lowest BCUT2D eigenvalue weighted by atomic mass is 10.1. The van der Waals surface area contributed by atoms with Gasteiger partial charge in [-0.05, 0) is 12.5 Å². The number of nitriles is 1. The lowest BCUT2D eigenvalue weighted by molar-refractivity contribution is 0.384. The van der Waals surface area contributed by atoms with Crippen molar-refractivity contribution >= 4 is 17.4 Å². The quantitative estimate of drug-likeness (QED) is 0.796. The van der Waals surface area contributed by atoms with Crippen LogP contribution in [0, 0.1) is 17.2 Å². The van der Waals surface area contributed by atoms with Gasteiger partial charge >= 0.3 is 0 Å². The van der Waals surface area contributed by atoms with Gasteiger partial charge < -0.3 is 4.90 Å². The minimum atomic E-state index is -0.301. The summed E-state index contributed by atoms with van der Waals surface area (Å²) < 4.78 is 12.5. The molecule has 0 bridgehead atoms. The molecule has 1 fully saturated rings. The number of nitrogens with zero attached hydrogens (tertiary/aromatic N) is 3. The maximum Gasteiger partial charge on any atom is 0.147 e. The third-order valence-corrected chi connectivity index (χ3v) is 3.03. The summed E-state index contributed by atoms with van der Waals surface area (Å²) in [5.41, 5.74) is 0.440. The zero-order valence-corrected chi connectivity index (χ0v) is 9.41. The highest BCUT2D eigenvalue weighted by atomic mass is 35.5. The maximum atomic E-state index is 12.5. The van der Waals surface area contributed by atoms with E-state index in [9.17, 15) is 4.39 Å². The Morgan fingerprint density at radius 3 is 3.06 bits per heavy atom. The van der Waals surface area contributed by atoms with Gasteiger partial charge in [0.25, 0.3) is 0 Å². The number of hydrogen-bond acceptors (Lipinski definition) is 3. The number of pyridine rings is 1. The molecule has 3 nitrogen and oxygen atoms in total. The van der Waals surface area contributed by atoms with Crippen molar-refractivity contribution in [2.45, 2.75) is 6.42 Å². The van der Waals surface area contributed by atoms with Gasteiger partial charge in [0.05, 0.1) is 17.3 Å². The highest BCUT2D eigenvalue weighted by Gasteiger charge is 2.24. The normalized spacial score (nSPS) is 19.8. The van der Waals surface area contributed by atoms with Gasteiger partial charge in [0.2, 0.25) is 0 Å². The van der Waals surface area contributed by atoms with Crippen molar-refractivity contribution in [1.29, 1.82) is 5.26 Å². The number of halogens is 2. The molecule has 0 aromatic carbocycles. The largest absolute Gasteiger partial charge is 0.355 e. The Labute approximate surface area is 98.5 Å². The van der Waals surface area contributed by atoms with Crippen LogP contribution in [-0.2, 0) is 0 Å². The van der Waals surface area contributed by atoms with Gasteiger partial charge in [-0.1, -0.05) is 11.6 Å². The summed E-state index contributed by atoms with van der Waals surface area (Å²) in [6, 6.07) is 3.57. The Kier molecular flexibility index (Phi) is 3.25. The van der Waals surface area contributed by atoms with E-state index in [1.165, 1.54) is 6.20 Å². The number of rotatable bonds is 2. The third-order valence-electron chi connectivity index (χ3n) is 2.75. The highest BCUT2D eigenvalue weighted by molar-refractivity contribution is 6.33. The number of anilines is 1. The molecule has 0 radical (unpaired) electrons. The molecule has 2 rings (SSSR count). The lowest BCUT2D eigenvalue weighted by Gasteiger charge is -2.18. The van der Waals surface area contributed by atoms with Crippen molar-refractivity contribution in [1.82, 2.24) is 4.98 Å². The van der Waals surface area contributed by atoms with Gasteiger partial charge in [0.15, 0.2) is 0 Å². The van der Waals surface area contributed by atoms with Crippen molar-refractivity contribution in [2.75, 3.05) is 24.7 Å². The molecule has 5 heteroatoms. The maximum absolute atomic E-state index is 12.5. The molecule has 1 aliphatic heterocycles. The zero-order chi connectivity index (χ0) is 11.5. The molecule has 1 unspecified atom stereocenters. The number of aromatic nitrogens is 1. The van der Waals surface area contributed by atoms with Gasteiger partial charge in [0, 0.05) is 25.2 Å². The topological polar surface area (TPSA) is 39.9 Å². The molecule has 0 spiro atoms. The average molecular weight is 240 g/mol. The van der Waals surface area contributed by atoms with E-state index in [0.29, 0.717) is 22.9 Å². The molecule has 1 aliphatic rings. The summed E-state index contributed by atoms with van der Waals surface area (Å²) in [6.07, 6.45) is 2.32. The van der Waals surface area contributed by atoms with Gasteiger partial charge in [0.1, 0.15) is 11.9 Å². The summed E-state index contributed by atoms with van der Waals surface area (Å²) in [6.45, 7) is 1.12. The molecule has 1 atom stereocenters.